The van der Waals surface area contributed by atoms with Gasteiger partial charge in [-0.2, -0.15) is 0 Å². The minimum Gasteiger partial charge on any atom is -0.326 e. The molecule has 4 aromatic rings. The van der Waals surface area contributed by atoms with Gasteiger partial charge in [-0.15, -0.1) is 11.3 Å². The van der Waals surface area contributed by atoms with Crippen molar-refractivity contribution in [2.45, 2.75) is 12.3 Å². The minimum absolute atomic E-state index is 0.00855. The lowest BCUT2D eigenvalue weighted by Gasteiger charge is -2.07. The summed E-state index contributed by atoms with van der Waals surface area (Å²) in [6.45, 7) is 0. The van der Waals surface area contributed by atoms with E-state index < -0.39 is 0 Å². The van der Waals surface area contributed by atoms with Gasteiger partial charge in [-0.25, -0.2) is 0 Å². The Bertz CT molecular complexity index is 1230. The lowest BCUT2D eigenvalue weighted by Crippen LogP contribution is -2.14. The molecule has 27 heavy (non-hydrogen) atoms. The van der Waals surface area contributed by atoms with E-state index in [1.807, 2.05) is 54.6 Å². The molecule has 0 aliphatic heterocycles. The summed E-state index contributed by atoms with van der Waals surface area (Å²) in [6.07, 6.45) is 0.878. The largest absolute Gasteiger partial charge is 0.326 e. The van der Waals surface area contributed by atoms with Crippen LogP contribution in [-0.2, 0) is 4.79 Å². The second-order valence-electron chi connectivity index (χ2n) is 6.99. The van der Waals surface area contributed by atoms with Crippen molar-refractivity contribution >= 4 is 43.1 Å². The fraction of sp³-hybridized carbons (Fsp3) is 0.130. The van der Waals surface area contributed by atoms with E-state index in [1.165, 1.54) is 5.56 Å². The van der Waals surface area contributed by atoms with E-state index in [2.05, 4.69) is 17.4 Å². The van der Waals surface area contributed by atoms with Gasteiger partial charge in [0, 0.05) is 31.8 Å². The van der Waals surface area contributed by atoms with Gasteiger partial charge in [0.05, 0.1) is 0 Å². The molecule has 5 rings (SSSR count). The predicted molar refractivity (Wildman–Crippen MR) is 112 cm³/mol. The summed E-state index contributed by atoms with van der Waals surface area (Å²) in [4.78, 5) is 25.4. The van der Waals surface area contributed by atoms with Gasteiger partial charge in [0.2, 0.25) is 5.91 Å². The van der Waals surface area contributed by atoms with Crippen LogP contribution in [0, 0.1) is 5.92 Å². The molecule has 3 aromatic carbocycles. The van der Waals surface area contributed by atoms with Crippen LogP contribution < -0.4 is 10.7 Å². The molecule has 0 saturated heterocycles. The highest BCUT2D eigenvalue weighted by atomic mass is 32.1. The second-order valence-corrected chi connectivity index (χ2v) is 8.07. The van der Waals surface area contributed by atoms with E-state index in [0.29, 0.717) is 17.0 Å². The first-order valence-corrected chi connectivity index (χ1v) is 9.84. The molecule has 4 heteroatoms. The summed E-state index contributed by atoms with van der Waals surface area (Å²) in [7, 11) is 0. The van der Waals surface area contributed by atoms with Gasteiger partial charge in [-0.3, -0.25) is 9.59 Å². The van der Waals surface area contributed by atoms with Gasteiger partial charge in [0.15, 0.2) is 5.43 Å². The first kappa shape index (κ1) is 16.2. The van der Waals surface area contributed by atoms with Gasteiger partial charge < -0.3 is 5.32 Å². The topological polar surface area (TPSA) is 46.2 Å². The molecule has 132 valence electrons. The zero-order valence-corrected chi connectivity index (χ0v) is 15.3. The van der Waals surface area contributed by atoms with Crippen LogP contribution in [0.15, 0.2) is 77.6 Å². The van der Waals surface area contributed by atoms with Crippen molar-refractivity contribution in [2.75, 3.05) is 5.32 Å². The zero-order chi connectivity index (χ0) is 18.4. The van der Waals surface area contributed by atoms with Gasteiger partial charge in [0.25, 0.3) is 0 Å². The van der Waals surface area contributed by atoms with Crippen LogP contribution in [0.5, 0.6) is 0 Å². The highest BCUT2D eigenvalue weighted by molar-refractivity contribution is 7.24. The Kier molecular flexibility index (Phi) is 3.80. The number of hydrogen-bond donors (Lipinski definition) is 1. The average Bonchev–Trinajstić information content (AvgIpc) is 3.51. The van der Waals surface area contributed by atoms with Crippen LogP contribution in [0.4, 0.5) is 5.69 Å². The lowest BCUT2D eigenvalue weighted by molar-refractivity contribution is -0.117. The number of hydrogen-bond acceptors (Lipinski definition) is 3. The van der Waals surface area contributed by atoms with Crippen molar-refractivity contribution in [3.8, 4) is 0 Å². The number of carbonyl (C=O) groups is 1. The Morgan fingerprint density at radius 1 is 0.889 bits per heavy atom. The zero-order valence-electron chi connectivity index (χ0n) is 14.5. The molecule has 3 nitrogen and oxygen atoms in total. The van der Waals surface area contributed by atoms with Gasteiger partial charge >= 0.3 is 0 Å². The quantitative estimate of drug-likeness (QED) is 0.506. The Hall–Kier alpha value is -2.98. The summed E-state index contributed by atoms with van der Waals surface area (Å²) in [5.41, 5.74) is 1.92. The van der Waals surface area contributed by atoms with Crippen LogP contribution in [0.2, 0.25) is 0 Å². The molecule has 0 radical (unpaired) electrons. The highest BCUT2D eigenvalue weighted by Gasteiger charge is 2.43. The van der Waals surface area contributed by atoms with Crippen LogP contribution in [-0.4, -0.2) is 5.91 Å². The summed E-state index contributed by atoms with van der Waals surface area (Å²) in [5.74, 6) is 0.335. The van der Waals surface area contributed by atoms with Crippen LogP contribution >= 0.6 is 11.3 Å². The molecule has 1 saturated carbocycles. The monoisotopic (exact) mass is 371 g/mol. The Morgan fingerprint density at radius 3 is 2.48 bits per heavy atom. The fourth-order valence-corrected chi connectivity index (χ4v) is 4.72. The number of amides is 1. The maximum atomic E-state index is 12.8. The van der Waals surface area contributed by atoms with Crippen molar-refractivity contribution < 1.29 is 4.79 Å². The molecule has 1 heterocycles. The first-order valence-electron chi connectivity index (χ1n) is 9.02. The number of fused-ring (bicyclic) bond motifs is 2. The van der Waals surface area contributed by atoms with E-state index >= 15 is 0 Å². The summed E-state index contributed by atoms with van der Waals surface area (Å²) >= 11 is 1.60. The van der Waals surface area contributed by atoms with E-state index in [-0.39, 0.29) is 17.3 Å². The van der Waals surface area contributed by atoms with Crippen LogP contribution in [0.1, 0.15) is 17.9 Å². The van der Waals surface area contributed by atoms with Crippen molar-refractivity contribution in [1.29, 1.82) is 0 Å². The van der Waals surface area contributed by atoms with Gasteiger partial charge in [-0.05, 0) is 48.2 Å². The third kappa shape index (κ3) is 2.92. The lowest BCUT2D eigenvalue weighted by atomic mass is 10.1. The maximum absolute atomic E-state index is 12.8. The van der Waals surface area contributed by atoms with Crippen LogP contribution in [0.25, 0.3) is 20.2 Å². The molecular weight excluding hydrogens is 354 g/mol. The normalized spacial score (nSPS) is 18.5. The molecule has 2 atom stereocenters. The Labute approximate surface area is 160 Å². The molecular formula is C23H17NO2S. The molecule has 0 unspecified atom stereocenters. The van der Waals surface area contributed by atoms with Gasteiger partial charge in [0.1, 0.15) is 0 Å². The molecule has 1 fully saturated rings. The summed E-state index contributed by atoms with van der Waals surface area (Å²) < 4.78 is 1.92. The standard InChI is InChI=1S/C23H17NO2S/c25-22-16-8-4-5-9-20(16)27-21-11-10-15(12-19(21)22)24-23(26)18-13-17(18)14-6-2-1-3-7-14/h1-12,17-18H,13H2,(H,24,26)/t17-,18+/m1/s1. The second kappa shape index (κ2) is 6.32. The number of benzene rings is 3. The average molecular weight is 371 g/mol. The van der Waals surface area contributed by atoms with Gasteiger partial charge in [-0.1, -0.05) is 42.5 Å². The van der Waals surface area contributed by atoms with E-state index in [1.54, 1.807) is 17.4 Å². The Morgan fingerprint density at radius 2 is 1.63 bits per heavy atom. The van der Waals surface area contributed by atoms with Crippen molar-refractivity contribution in [2.24, 2.45) is 5.92 Å². The number of carbonyl (C=O) groups excluding carboxylic acids is 1. The highest BCUT2D eigenvalue weighted by Crippen LogP contribution is 2.47. The van der Waals surface area contributed by atoms with Crippen molar-refractivity contribution in [1.82, 2.24) is 0 Å². The molecule has 1 amide bonds. The molecule has 1 aliphatic carbocycles. The van der Waals surface area contributed by atoms with Crippen LogP contribution in [0.3, 0.4) is 0 Å². The van der Waals surface area contributed by atoms with Crippen molar-refractivity contribution in [3.63, 3.8) is 0 Å². The van der Waals surface area contributed by atoms with E-state index in [0.717, 1.165) is 21.2 Å². The first-order chi connectivity index (χ1) is 13.2. The Balaban J connectivity index is 1.42. The summed E-state index contributed by atoms with van der Waals surface area (Å²) in [6, 6.07) is 23.4. The van der Waals surface area contributed by atoms with Crippen molar-refractivity contribution in [3.05, 3.63) is 88.6 Å². The molecule has 1 aromatic heterocycles. The predicted octanol–water partition coefficient (Wildman–Crippen LogP) is 5.16. The SMILES string of the molecule is O=C(Nc1ccc2sc3ccccc3c(=O)c2c1)[C@H]1C[C@@H]1c1ccccc1. The number of nitrogens with one attached hydrogen (secondary N) is 1. The third-order valence-corrected chi connectivity index (χ3v) is 6.35. The third-order valence-electron chi connectivity index (χ3n) is 5.20. The number of rotatable bonds is 3. The molecule has 1 aliphatic rings. The number of anilines is 1. The molecule has 1 N–H and O–H groups in total. The minimum atomic E-state index is 0.00855. The molecule has 0 bridgehead atoms. The fourth-order valence-electron chi connectivity index (χ4n) is 3.67. The summed E-state index contributed by atoms with van der Waals surface area (Å²) in [5, 5.41) is 4.38. The smallest absolute Gasteiger partial charge is 0.228 e. The maximum Gasteiger partial charge on any atom is 0.228 e. The molecule has 0 spiro atoms. The van der Waals surface area contributed by atoms with E-state index in [4.69, 9.17) is 0 Å². The van der Waals surface area contributed by atoms with E-state index in [9.17, 15) is 9.59 Å².